The minimum Gasteiger partial charge on any atom is -0.373 e. The Morgan fingerprint density at radius 3 is 2.62 bits per heavy atom. The second-order valence-corrected chi connectivity index (χ2v) is 10.9. The summed E-state index contributed by atoms with van der Waals surface area (Å²) in [6.07, 6.45) is 5.50. The zero-order valence-corrected chi connectivity index (χ0v) is 23.6. The number of anilines is 3. The molecule has 0 amide bonds. The lowest BCUT2D eigenvalue weighted by Crippen LogP contribution is -2.26. The number of aromatic nitrogens is 4. The average Bonchev–Trinajstić information content (AvgIpc) is 3.67. The van der Waals surface area contributed by atoms with Gasteiger partial charge in [-0.3, -0.25) is 9.67 Å². The van der Waals surface area contributed by atoms with Gasteiger partial charge >= 0.3 is 0 Å². The molecule has 0 bridgehead atoms. The maximum atomic E-state index is 13.8. The van der Waals surface area contributed by atoms with Crippen LogP contribution in [0.15, 0.2) is 67.0 Å². The number of benzene rings is 3. The van der Waals surface area contributed by atoms with Gasteiger partial charge in [-0.25, -0.2) is 8.78 Å². The summed E-state index contributed by atoms with van der Waals surface area (Å²) in [6, 6.07) is 15.9. The molecular weight excluding hydrogens is 581 g/mol. The number of nitrogens with zero attached hydrogens (tertiary/aromatic N) is 5. The van der Waals surface area contributed by atoms with E-state index in [4.69, 9.17) is 23.2 Å². The van der Waals surface area contributed by atoms with Crippen LogP contribution in [0.2, 0.25) is 10.0 Å². The van der Waals surface area contributed by atoms with Crippen molar-refractivity contribution >= 4 is 51.2 Å². The zero-order valence-electron chi connectivity index (χ0n) is 22.1. The van der Waals surface area contributed by atoms with Crippen LogP contribution in [-0.4, -0.2) is 32.6 Å². The van der Waals surface area contributed by atoms with E-state index in [0.717, 1.165) is 24.9 Å². The summed E-state index contributed by atoms with van der Waals surface area (Å²) in [6.45, 7) is 1.68. The van der Waals surface area contributed by atoms with Crippen LogP contribution < -0.4 is 16.0 Å². The van der Waals surface area contributed by atoms with E-state index in [1.807, 2.05) is 16.9 Å². The Hall–Kier alpha value is -4.30. The van der Waals surface area contributed by atoms with Gasteiger partial charge in [-0.1, -0.05) is 40.5 Å². The molecule has 212 valence electrons. The van der Waals surface area contributed by atoms with Crippen molar-refractivity contribution in [2.75, 3.05) is 17.2 Å². The van der Waals surface area contributed by atoms with Gasteiger partial charge in [0.25, 0.3) is 0 Å². The summed E-state index contributed by atoms with van der Waals surface area (Å²) >= 11 is 12.7. The largest absolute Gasteiger partial charge is 0.373 e. The lowest BCUT2D eigenvalue weighted by atomic mass is 10.0. The number of nitrogens with one attached hydrogen (secondary N) is 3. The van der Waals surface area contributed by atoms with Gasteiger partial charge in [0.2, 0.25) is 0 Å². The molecule has 0 aliphatic carbocycles. The molecule has 0 radical (unpaired) electrons. The minimum absolute atomic E-state index is 0.0591. The number of rotatable bonds is 8. The van der Waals surface area contributed by atoms with E-state index in [9.17, 15) is 14.0 Å². The fourth-order valence-electron chi connectivity index (χ4n) is 5.10. The second kappa shape index (κ2) is 11.9. The second-order valence-electron chi connectivity index (χ2n) is 10.1. The molecule has 2 atom stereocenters. The highest BCUT2D eigenvalue weighted by atomic mass is 35.5. The lowest BCUT2D eigenvalue weighted by Gasteiger charge is -2.20. The third kappa shape index (κ3) is 5.85. The first-order valence-corrected chi connectivity index (χ1v) is 14.0. The van der Waals surface area contributed by atoms with E-state index in [2.05, 4.69) is 37.3 Å². The summed E-state index contributed by atoms with van der Waals surface area (Å²) in [5.74, 6) is -0.908. The van der Waals surface area contributed by atoms with Crippen LogP contribution in [0.4, 0.5) is 25.8 Å². The van der Waals surface area contributed by atoms with Crippen LogP contribution in [0, 0.1) is 23.0 Å². The molecule has 1 saturated heterocycles. The monoisotopic (exact) mass is 604 g/mol. The molecular formula is C30H24Cl2F2N8. The highest BCUT2D eigenvalue weighted by Gasteiger charge is 2.22. The summed E-state index contributed by atoms with van der Waals surface area (Å²) in [4.78, 5) is 4.40. The van der Waals surface area contributed by atoms with Crippen molar-refractivity contribution in [3.8, 4) is 6.07 Å². The summed E-state index contributed by atoms with van der Waals surface area (Å²) in [5, 5.41) is 29.6. The molecule has 2 aromatic heterocycles. The van der Waals surface area contributed by atoms with Crippen molar-refractivity contribution in [3.63, 3.8) is 0 Å². The molecule has 1 unspecified atom stereocenters. The van der Waals surface area contributed by atoms with E-state index >= 15 is 0 Å². The number of fused-ring (bicyclic) bond motifs is 1. The summed E-state index contributed by atoms with van der Waals surface area (Å²) in [7, 11) is 0. The van der Waals surface area contributed by atoms with Crippen molar-refractivity contribution < 1.29 is 8.78 Å². The van der Waals surface area contributed by atoms with Crippen LogP contribution >= 0.6 is 23.2 Å². The van der Waals surface area contributed by atoms with Crippen LogP contribution in [0.5, 0.6) is 0 Å². The summed E-state index contributed by atoms with van der Waals surface area (Å²) < 4.78 is 29.4. The van der Waals surface area contributed by atoms with E-state index in [0.29, 0.717) is 51.3 Å². The first-order valence-electron chi connectivity index (χ1n) is 13.3. The van der Waals surface area contributed by atoms with Crippen molar-refractivity contribution in [1.82, 2.24) is 25.3 Å². The van der Waals surface area contributed by atoms with Gasteiger partial charge in [0.15, 0.2) is 0 Å². The van der Waals surface area contributed by atoms with Crippen molar-refractivity contribution in [2.24, 2.45) is 0 Å². The number of pyridine rings is 1. The number of nitriles is 1. The maximum absolute atomic E-state index is 13.8. The smallest absolute Gasteiger partial charge is 0.141 e. The van der Waals surface area contributed by atoms with Gasteiger partial charge in [-0.2, -0.15) is 5.26 Å². The maximum Gasteiger partial charge on any atom is 0.141 e. The highest BCUT2D eigenvalue weighted by molar-refractivity contribution is 6.36. The Labute approximate surface area is 250 Å². The van der Waals surface area contributed by atoms with Gasteiger partial charge in [0, 0.05) is 29.0 Å². The molecule has 0 spiro atoms. The summed E-state index contributed by atoms with van der Waals surface area (Å²) in [5.41, 5.74) is 3.65. The number of hydrogen-bond donors (Lipinski definition) is 3. The van der Waals surface area contributed by atoms with Gasteiger partial charge < -0.3 is 16.0 Å². The fraction of sp³-hybridized carbons (Fsp3) is 0.200. The zero-order chi connectivity index (χ0) is 29.2. The average molecular weight is 605 g/mol. The van der Waals surface area contributed by atoms with Gasteiger partial charge in [-0.05, 0) is 67.4 Å². The lowest BCUT2D eigenvalue weighted by molar-refractivity contribution is 0.466. The normalized spacial score (nSPS) is 15.5. The molecule has 3 N–H and O–H groups in total. The number of hydrogen-bond acceptors (Lipinski definition) is 7. The SMILES string of the molecule is N#Cc1cnc2c(Cl)cc(NC(c3ccc(F)cc3)c3cn(C[C@H]4CCCN4)nn3)cc2c1Nc1ccc(F)c(Cl)c1. The van der Waals surface area contributed by atoms with E-state index < -0.39 is 11.9 Å². The van der Waals surface area contributed by atoms with Crippen LogP contribution in [0.25, 0.3) is 10.9 Å². The quantitative estimate of drug-likeness (QED) is 0.175. The predicted octanol–water partition coefficient (Wildman–Crippen LogP) is 6.98. The first-order chi connectivity index (χ1) is 20.4. The minimum atomic E-state index is -0.555. The molecule has 6 rings (SSSR count). The molecule has 1 aliphatic rings. The molecule has 5 aromatic rings. The fourth-order valence-corrected chi connectivity index (χ4v) is 5.55. The highest BCUT2D eigenvalue weighted by Crippen LogP contribution is 2.37. The Morgan fingerprint density at radius 2 is 1.88 bits per heavy atom. The van der Waals surface area contributed by atoms with Gasteiger partial charge in [-0.15, -0.1) is 5.10 Å². The van der Waals surface area contributed by atoms with E-state index in [-0.39, 0.29) is 16.4 Å². The topological polar surface area (TPSA) is 103 Å². The molecule has 8 nitrogen and oxygen atoms in total. The Morgan fingerprint density at radius 1 is 1.07 bits per heavy atom. The number of halogens is 4. The molecule has 42 heavy (non-hydrogen) atoms. The van der Waals surface area contributed by atoms with Gasteiger partial charge in [0.05, 0.1) is 45.6 Å². The van der Waals surface area contributed by atoms with Crippen LogP contribution in [-0.2, 0) is 6.54 Å². The van der Waals surface area contributed by atoms with E-state index in [1.165, 1.54) is 36.5 Å². The van der Waals surface area contributed by atoms with Crippen LogP contribution in [0.1, 0.15) is 35.7 Å². The van der Waals surface area contributed by atoms with Crippen molar-refractivity contribution in [3.05, 3.63) is 105 Å². The van der Waals surface area contributed by atoms with E-state index in [1.54, 1.807) is 18.2 Å². The van der Waals surface area contributed by atoms with Gasteiger partial charge in [0.1, 0.15) is 23.4 Å². The third-order valence-electron chi connectivity index (χ3n) is 7.17. The first kappa shape index (κ1) is 27.8. The molecule has 12 heteroatoms. The Bertz CT molecular complexity index is 1800. The van der Waals surface area contributed by atoms with Crippen molar-refractivity contribution in [1.29, 1.82) is 5.26 Å². The van der Waals surface area contributed by atoms with Crippen LogP contribution in [0.3, 0.4) is 0 Å². The molecule has 0 saturated carbocycles. The molecule has 1 fully saturated rings. The standard InChI is InChI=1S/C30H24Cl2F2N8/c31-24-11-20(7-8-26(24)34)38-28-18(13-35)14-37-30-23(28)10-22(12-25(30)32)39-29(17-3-5-19(33)6-4-17)27-16-42(41-40-27)15-21-2-1-9-36-21/h3-8,10-12,14,16,21,29,36,39H,1-2,9,15H2,(H,37,38)/t21-,29?/m1/s1. The third-order valence-corrected chi connectivity index (χ3v) is 7.75. The molecule has 1 aliphatic heterocycles. The van der Waals surface area contributed by atoms with Crippen molar-refractivity contribution in [2.45, 2.75) is 31.5 Å². The molecule has 3 aromatic carbocycles. The predicted molar refractivity (Wildman–Crippen MR) is 159 cm³/mol. The Balaban J connectivity index is 1.39. The Kier molecular flexibility index (Phi) is 7.89. The molecule has 3 heterocycles.